The molecule has 1 fully saturated rings. The van der Waals surface area contributed by atoms with E-state index < -0.39 is 0 Å². The van der Waals surface area contributed by atoms with Crippen molar-refractivity contribution >= 4 is 0 Å². The third-order valence-corrected chi connectivity index (χ3v) is 3.88. The van der Waals surface area contributed by atoms with Gasteiger partial charge in [-0.25, -0.2) is 0 Å². The van der Waals surface area contributed by atoms with Gasteiger partial charge in [-0.15, -0.1) is 0 Å². The molecule has 0 atom stereocenters. The number of hydrogen-bond acceptors (Lipinski definition) is 3. The Morgan fingerprint density at radius 1 is 1.35 bits per heavy atom. The number of hydrogen-bond donors (Lipinski definition) is 2. The smallest absolute Gasteiger partial charge is 0.120 e. The molecule has 1 aromatic rings. The molecule has 0 bridgehead atoms. The van der Waals surface area contributed by atoms with E-state index in [-0.39, 0.29) is 5.41 Å². The molecule has 0 spiro atoms. The van der Waals surface area contributed by atoms with Crippen LogP contribution in [0, 0.1) is 0 Å². The molecule has 3 heteroatoms. The van der Waals surface area contributed by atoms with Crippen LogP contribution >= 0.6 is 0 Å². The van der Waals surface area contributed by atoms with E-state index in [0.29, 0.717) is 12.3 Å². The van der Waals surface area contributed by atoms with Gasteiger partial charge < -0.3 is 15.7 Å². The lowest BCUT2D eigenvalue weighted by Crippen LogP contribution is -2.41. The zero-order valence-electron chi connectivity index (χ0n) is 10.7. The summed E-state index contributed by atoms with van der Waals surface area (Å²) in [5, 5.41) is 9.86. The Balaban J connectivity index is 2.30. The molecule has 1 aliphatic rings. The molecule has 1 aliphatic carbocycles. The van der Waals surface area contributed by atoms with Crippen LogP contribution < -0.4 is 5.73 Å². The van der Waals surface area contributed by atoms with E-state index in [1.807, 2.05) is 26.2 Å². The normalized spacial score (nSPS) is 18.1. The lowest BCUT2D eigenvalue weighted by atomic mass is 9.64. The Kier molecular flexibility index (Phi) is 3.40. The standard InChI is InChI=1S/C14H22N2O/c1-16(2)9-11-8-12(4-5-13(11)17)14(10-15)6-3-7-14/h4-5,8,17H,3,6-7,9-10,15H2,1-2H3. The topological polar surface area (TPSA) is 49.5 Å². The van der Waals surface area contributed by atoms with Gasteiger partial charge in [-0.2, -0.15) is 0 Å². The van der Waals surface area contributed by atoms with Crippen LogP contribution in [0.4, 0.5) is 0 Å². The molecule has 3 nitrogen and oxygen atoms in total. The maximum Gasteiger partial charge on any atom is 0.120 e. The van der Waals surface area contributed by atoms with E-state index >= 15 is 0 Å². The summed E-state index contributed by atoms with van der Waals surface area (Å²) in [7, 11) is 4.02. The van der Waals surface area contributed by atoms with Crippen LogP contribution in [0.5, 0.6) is 5.75 Å². The monoisotopic (exact) mass is 234 g/mol. The van der Waals surface area contributed by atoms with Crippen molar-refractivity contribution in [2.75, 3.05) is 20.6 Å². The molecule has 0 amide bonds. The van der Waals surface area contributed by atoms with Gasteiger partial charge in [0.05, 0.1) is 0 Å². The SMILES string of the molecule is CN(C)Cc1cc(C2(CN)CCC2)ccc1O. The summed E-state index contributed by atoms with van der Waals surface area (Å²) < 4.78 is 0. The van der Waals surface area contributed by atoms with E-state index in [1.165, 1.54) is 24.8 Å². The van der Waals surface area contributed by atoms with Crippen LogP contribution in [0.25, 0.3) is 0 Å². The molecule has 1 aromatic carbocycles. The van der Waals surface area contributed by atoms with E-state index in [4.69, 9.17) is 5.73 Å². The number of phenols is 1. The van der Waals surface area contributed by atoms with Crippen molar-refractivity contribution < 1.29 is 5.11 Å². The minimum atomic E-state index is 0.175. The van der Waals surface area contributed by atoms with Crippen LogP contribution in [0.3, 0.4) is 0 Å². The zero-order chi connectivity index (χ0) is 12.5. The van der Waals surface area contributed by atoms with Crippen molar-refractivity contribution in [3.8, 4) is 5.75 Å². The van der Waals surface area contributed by atoms with Gasteiger partial charge in [-0.1, -0.05) is 18.6 Å². The Hall–Kier alpha value is -1.06. The van der Waals surface area contributed by atoms with Crippen LogP contribution in [0.1, 0.15) is 30.4 Å². The Labute approximate surface area is 103 Å². The fourth-order valence-electron chi connectivity index (χ4n) is 2.60. The van der Waals surface area contributed by atoms with Crippen molar-refractivity contribution in [3.05, 3.63) is 29.3 Å². The van der Waals surface area contributed by atoms with E-state index in [0.717, 1.165) is 12.1 Å². The first-order chi connectivity index (χ1) is 8.07. The molecule has 0 aromatic heterocycles. The minimum absolute atomic E-state index is 0.175. The van der Waals surface area contributed by atoms with Gasteiger partial charge in [0, 0.05) is 24.1 Å². The molecule has 0 heterocycles. The van der Waals surface area contributed by atoms with Crippen LogP contribution in [0.15, 0.2) is 18.2 Å². The summed E-state index contributed by atoms with van der Waals surface area (Å²) in [6.45, 7) is 1.47. The molecular formula is C14H22N2O. The molecule has 3 N–H and O–H groups in total. The predicted octanol–water partition coefficient (Wildman–Crippen LogP) is 1.83. The predicted molar refractivity (Wildman–Crippen MR) is 70.1 cm³/mol. The summed E-state index contributed by atoms with van der Waals surface area (Å²) in [6, 6.07) is 5.96. The number of rotatable bonds is 4. The highest BCUT2D eigenvalue weighted by atomic mass is 16.3. The van der Waals surface area contributed by atoms with Gasteiger partial charge in [0.25, 0.3) is 0 Å². The molecule has 0 radical (unpaired) electrons. The van der Waals surface area contributed by atoms with Gasteiger partial charge in [-0.05, 0) is 38.6 Å². The molecule has 0 saturated heterocycles. The first-order valence-electron chi connectivity index (χ1n) is 6.24. The maximum absolute atomic E-state index is 9.86. The molecule has 94 valence electrons. The van der Waals surface area contributed by atoms with Gasteiger partial charge >= 0.3 is 0 Å². The van der Waals surface area contributed by atoms with E-state index in [9.17, 15) is 5.11 Å². The first kappa shape index (κ1) is 12.4. The van der Waals surface area contributed by atoms with E-state index in [2.05, 4.69) is 11.0 Å². The fourth-order valence-corrected chi connectivity index (χ4v) is 2.60. The van der Waals surface area contributed by atoms with Crippen molar-refractivity contribution in [1.82, 2.24) is 4.90 Å². The Bertz CT molecular complexity index is 392. The van der Waals surface area contributed by atoms with Crippen molar-refractivity contribution in [2.45, 2.75) is 31.2 Å². The number of phenolic OH excluding ortho intramolecular Hbond substituents is 1. The molecule has 2 rings (SSSR count). The average Bonchev–Trinajstić information content (AvgIpc) is 2.21. The first-order valence-corrected chi connectivity index (χ1v) is 6.24. The molecule has 1 saturated carbocycles. The van der Waals surface area contributed by atoms with Crippen molar-refractivity contribution in [2.24, 2.45) is 5.73 Å². The number of nitrogens with two attached hydrogens (primary N) is 1. The number of nitrogens with zero attached hydrogens (tertiary/aromatic N) is 1. The quantitative estimate of drug-likeness (QED) is 0.835. The Morgan fingerprint density at radius 3 is 2.53 bits per heavy atom. The van der Waals surface area contributed by atoms with Crippen LogP contribution in [-0.2, 0) is 12.0 Å². The third kappa shape index (κ3) is 2.31. The van der Waals surface area contributed by atoms with Gasteiger partial charge in [0.2, 0.25) is 0 Å². The minimum Gasteiger partial charge on any atom is -0.508 e. The van der Waals surface area contributed by atoms with Crippen molar-refractivity contribution in [3.63, 3.8) is 0 Å². The maximum atomic E-state index is 9.86. The van der Waals surface area contributed by atoms with Gasteiger partial charge in [0.1, 0.15) is 5.75 Å². The fraction of sp³-hybridized carbons (Fsp3) is 0.571. The summed E-state index contributed by atoms with van der Waals surface area (Å²) >= 11 is 0. The zero-order valence-corrected chi connectivity index (χ0v) is 10.7. The molecule has 17 heavy (non-hydrogen) atoms. The summed E-state index contributed by atoms with van der Waals surface area (Å²) in [6.07, 6.45) is 3.62. The highest BCUT2D eigenvalue weighted by Gasteiger charge is 2.37. The largest absolute Gasteiger partial charge is 0.508 e. The summed E-state index contributed by atoms with van der Waals surface area (Å²) in [5.41, 5.74) is 8.38. The summed E-state index contributed by atoms with van der Waals surface area (Å²) in [4.78, 5) is 2.06. The molecule has 0 unspecified atom stereocenters. The second kappa shape index (κ2) is 4.67. The van der Waals surface area contributed by atoms with Crippen LogP contribution in [-0.4, -0.2) is 30.6 Å². The number of benzene rings is 1. The van der Waals surface area contributed by atoms with Crippen LogP contribution in [0.2, 0.25) is 0 Å². The van der Waals surface area contributed by atoms with E-state index in [1.54, 1.807) is 0 Å². The second-order valence-electron chi connectivity index (χ2n) is 5.42. The van der Waals surface area contributed by atoms with Crippen molar-refractivity contribution in [1.29, 1.82) is 0 Å². The summed E-state index contributed by atoms with van der Waals surface area (Å²) in [5.74, 6) is 0.383. The second-order valence-corrected chi connectivity index (χ2v) is 5.42. The highest BCUT2D eigenvalue weighted by Crippen LogP contribution is 2.43. The molecule has 0 aliphatic heterocycles. The van der Waals surface area contributed by atoms with Gasteiger partial charge in [0.15, 0.2) is 0 Å². The number of aromatic hydroxyl groups is 1. The lowest BCUT2D eigenvalue weighted by molar-refractivity contribution is 0.252. The highest BCUT2D eigenvalue weighted by molar-refractivity contribution is 5.40. The lowest BCUT2D eigenvalue weighted by Gasteiger charge is -2.41. The van der Waals surface area contributed by atoms with Gasteiger partial charge in [-0.3, -0.25) is 0 Å². The third-order valence-electron chi connectivity index (χ3n) is 3.88. The Morgan fingerprint density at radius 2 is 2.06 bits per heavy atom. The molecular weight excluding hydrogens is 212 g/mol. The average molecular weight is 234 g/mol.